The van der Waals surface area contributed by atoms with Gasteiger partial charge >= 0.3 is 0 Å². The van der Waals surface area contributed by atoms with E-state index in [0.29, 0.717) is 5.56 Å². The fraction of sp³-hybridized carbons (Fsp3) is 0.105. The van der Waals surface area contributed by atoms with E-state index in [9.17, 15) is 13.6 Å². The van der Waals surface area contributed by atoms with Crippen LogP contribution >= 0.6 is 0 Å². The normalized spacial score (nSPS) is 12.0. The van der Waals surface area contributed by atoms with Crippen LogP contribution in [0.2, 0.25) is 0 Å². The quantitative estimate of drug-likeness (QED) is 0.753. The van der Waals surface area contributed by atoms with E-state index < -0.39 is 23.6 Å². The zero-order valence-electron chi connectivity index (χ0n) is 12.9. The molecule has 0 spiro atoms. The van der Waals surface area contributed by atoms with Crippen LogP contribution in [-0.2, 0) is 0 Å². The van der Waals surface area contributed by atoms with Gasteiger partial charge in [-0.25, -0.2) is 8.78 Å². The largest absolute Gasteiger partial charge is 0.459 e. The van der Waals surface area contributed by atoms with Crippen molar-refractivity contribution in [3.63, 3.8) is 0 Å². The van der Waals surface area contributed by atoms with Gasteiger partial charge in [-0.2, -0.15) is 0 Å². The van der Waals surface area contributed by atoms with Crippen LogP contribution in [-0.4, -0.2) is 5.91 Å². The lowest BCUT2D eigenvalue weighted by Gasteiger charge is -2.15. The first-order valence-corrected chi connectivity index (χ1v) is 7.45. The van der Waals surface area contributed by atoms with E-state index in [2.05, 4.69) is 5.32 Å². The fourth-order valence-electron chi connectivity index (χ4n) is 2.52. The summed E-state index contributed by atoms with van der Waals surface area (Å²) in [5.41, 5.74) is 1.70. The second-order valence-electron chi connectivity index (χ2n) is 5.39. The number of carbonyl (C=O) groups excluding carboxylic acids is 1. The summed E-state index contributed by atoms with van der Waals surface area (Å²) in [7, 11) is 0. The molecule has 3 aromatic rings. The number of hydrogen-bond donors (Lipinski definition) is 1. The number of nitrogens with one attached hydrogen (secondary N) is 1. The lowest BCUT2D eigenvalue weighted by Crippen LogP contribution is -2.27. The minimum absolute atomic E-state index is 0.149. The molecule has 1 atom stereocenters. The molecule has 1 N–H and O–H groups in total. The minimum atomic E-state index is -0.703. The molecule has 1 aromatic heterocycles. The van der Waals surface area contributed by atoms with Crippen LogP contribution in [0.15, 0.2) is 65.3 Å². The Morgan fingerprint density at radius 1 is 1.08 bits per heavy atom. The highest BCUT2D eigenvalue weighted by Crippen LogP contribution is 2.25. The topological polar surface area (TPSA) is 42.2 Å². The predicted molar refractivity (Wildman–Crippen MR) is 86.4 cm³/mol. The van der Waals surface area contributed by atoms with Crippen molar-refractivity contribution in [2.45, 2.75) is 13.0 Å². The van der Waals surface area contributed by atoms with Crippen molar-refractivity contribution in [3.05, 3.63) is 83.8 Å². The van der Waals surface area contributed by atoms with Crippen molar-refractivity contribution in [1.82, 2.24) is 5.32 Å². The Hall–Kier alpha value is -2.95. The molecule has 0 aliphatic heterocycles. The first kappa shape index (κ1) is 15.9. The third-order valence-corrected chi connectivity index (χ3v) is 3.73. The van der Waals surface area contributed by atoms with Crippen molar-refractivity contribution in [3.8, 4) is 11.1 Å². The lowest BCUT2D eigenvalue weighted by atomic mass is 10.0. The van der Waals surface area contributed by atoms with Crippen molar-refractivity contribution < 1.29 is 18.0 Å². The molecule has 0 radical (unpaired) electrons. The van der Waals surface area contributed by atoms with E-state index in [0.717, 1.165) is 17.7 Å². The van der Waals surface area contributed by atoms with Crippen LogP contribution in [0.1, 0.15) is 29.1 Å². The molecule has 1 unspecified atom stereocenters. The first-order valence-electron chi connectivity index (χ1n) is 7.45. The van der Waals surface area contributed by atoms with Crippen molar-refractivity contribution in [2.75, 3.05) is 0 Å². The molecule has 24 heavy (non-hydrogen) atoms. The van der Waals surface area contributed by atoms with E-state index in [4.69, 9.17) is 4.42 Å². The molecule has 3 rings (SSSR count). The zero-order valence-corrected chi connectivity index (χ0v) is 12.9. The maximum absolute atomic E-state index is 13.8. The maximum atomic E-state index is 13.8. The summed E-state index contributed by atoms with van der Waals surface area (Å²) >= 11 is 0. The Kier molecular flexibility index (Phi) is 4.42. The molecule has 0 saturated heterocycles. The molecule has 5 heteroatoms. The van der Waals surface area contributed by atoms with Gasteiger partial charge in [0.05, 0.1) is 12.3 Å². The molecule has 1 amide bonds. The molecule has 0 aliphatic rings. The summed E-state index contributed by atoms with van der Waals surface area (Å²) in [6, 6.07) is 13.7. The van der Waals surface area contributed by atoms with E-state index in [1.54, 1.807) is 13.0 Å². The summed E-state index contributed by atoms with van der Waals surface area (Å²) in [4.78, 5) is 12.5. The van der Waals surface area contributed by atoms with E-state index >= 15 is 0 Å². The van der Waals surface area contributed by atoms with Gasteiger partial charge in [0.25, 0.3) is 5.91 Å². The van der Waals surface area contributed by atoms with Crippen LogP contribution in [0.4, 0.5) is 8.78 Å². The van der Waals surface area contributed by atoms with Gasteiger partial charge in [0.1, 0.15) is 11.6 Å². The third kappa shape index (κ3) is 3.20. The summed E-state index contributed by atoms with van der Waals surface area (Å²) in [6.07, 6.45) is 1.43. The molecule has 0 fully saturated rings. The minimum Gasteiger partial charge on any atom is -0.459 e. The van der Waals surface area contributed by atoms with E-state index in [1.807, 2.05) is 30.3 Å². The Morgan fingerprint density at radius 2 is 1.83 bits per heavy atom. The van der Waals surface area contributed by atoms with E-state index in [1.165, 1.54) is 12.3 Å². The SMILES string of the molecule is CC(NC(=O)c1occc1-c1ccccc1)c1ccc(F)cc1F. The molecule has 3 nitrogen and oxygen atoms in total. The number of hydrogen-bond acceptors (Lipinski definition) is 2. The smallest absolute Gasteiger partial charge is 0.288 e. The highest BCUT2D eigenvalue weighted by atomic mass is 19.1. The first-order chi connectivity index (χ1) is 11.6. The standard InChI is InChI=1S/C19H15F2NO2/c1-12(15-8-7-14(20)11-17(15)21)22-19(23)18-16(9-10-24-18)13-5-3-2-4-6-13/h2-12H,1H3,(H,22,23). The Morgan fingerprint density at radius 3 is 2.54 bits per heavy atom. The molecule has 0 aliphatic carbocycles. The number of furan rings is 1. The molecule has 0 bridgehead atoms. The van der Waals surface area contributed by atoms with Crippen LogP contribution in [0.3, 0.4) is 0 Å². The van der Waals surface area contributed by atoms with Crippen LogP contribution in [0.5, 0.6) is 0 Å². The van der Waals surface area contributed by atoms with Crippen molar-refractivity contribution in [1.29, 1.82) is 0 Å². The molecule has 1 heterocycles. The molecule has 122 valence electrons. The number of amides is 1. The number of carbonyl (C=O) groups is 1. The highest BCUT2D eigenvalue weighted by Gasteiger charge is 2.20. The van der Waals surface area contributed by atoms with Gasteiger partial charge in [0.15, 0.2) is 5.76 Å². The second kappa shape index (κ2) is 6.66. The maximum Gasteiger partial charge on any atom is 0.288 e. The Bertz CT molecular complexity index is 859. The number of benzene rings is 2. The van der Waals surface area contributed by atoms with Crippen LogP contribution < -0.4 is 5.32 Å². The van der Waals surface area contributed by atoms with Crippen molar-refractivity contribution >= 4 is 5.91 Å². The number of halogens is 2. The zero-order chi connectivity index (χ0) is 17.1. The lowest BCUT2D eigenvalue weighted by molar-refractivity contribution is 0.0912. The molecule has 2 aromatic carbocycles. The Balaban J connectivity index is 1.82. The van der Waals surface area contributed by atoms with Gasteiger partial charge in [-0.1, -0.05) is 36.4 Å². The van der Waals surface area contributed by atoms with Gasteiger partial charge in [0.2, 0.25) is 0 Å². The van der Waals surface area contributed by atoms with E-state index in [-0.39, 0.29) is 11.3 Å². The second-order valence-corrected chi connectivity index (χ2v) is 5.39. The van der Waals surface area contributed by atoms with Gasteiger partial charge in [-0.05, 0) is 24.6 Å². The van der Waals surface area contributed by atoms with Gasteiger partial charge in [-0.3, -0.25) is 4.79 Å². The predicted octanol–water partition coefficient (Wildman–Crippen LogP) is 4.72. The molecular weight excluding hydrogens is 312 g/mol. The summed E-state index contributed by atoms with van der Waals surface area (Å²) in [6.45, 7) is 1.62. The summed E-state index contributed by atoms with van der Waals surface area (Å²) < 4.78 is 32.1. The molecule has 0 saturated carbocycles. The third-order valence-electron chi connectivity index (χ3n) is 3.73. The van der Waals surface area contributed by atoms with Crippen LogP contribution in [0, 0.1) is 11.6 Å². The average molecular weight is 327 g/mol. The Labute approximate surface area is 137 Å². The summed E-state index contributed by atoms with van der Waals surface area (Å²) in [5, 5.41) is 2.67. The highest BCUT2D eigenvalue weighted by molar-refractivity contribution is 5.98. The average Bonchev–Trinajstić information content (AvgIpc) is 3.05. The van der Waals surface area contributed by atoms with Crippen molar-refractivity contribution in [2.24, 2.45) is 0 Å². The van der Waals surface area contributed by atoms with Crippen LogP contribution in [0.25, 0.3) is 11.1 Å². The molecular formula is C19H15F2NO2. The number of rotatable bonds is 4. The van der Waals surface area contributed by atoms with Gasteiger partial charge in [-0.15, -0.1) is 0 Å². The monoisotopic (exact) mass is 327 g/mol. The van der Waals surface area contributed by atoms with Gasteiger partial charge < -0.3 is 9.73 Å². The van der Waals surface area contributed by atoms with Gasteiger partial charge in [0, 0.05) is 17.2 Å². The fourth-order valence-corrected chi connectivity index (χ4v) is 2.52. The summed E-state index contributed by atoms with van der Waals surface area (Å²) in [5.74, 6) is -1.68.